The van der Waals surface area contributed by atoms with Crippen LogP contribution in [0.25, 0.3) is 0 Å². The molecule has 0 atom stereocenters. The molecule has 0 aliphatic heterocycles. The average molecular weight is 456 g/mol. The highest BCUT2D eigenvalue weighted by molar-refractivity contribution is 9.10. The van der Waals surface area contributed by atoms with Crippen LogP contribution in [0.1, 0.15) is 30.9 Å². The van der Waals surface area contributed by atoms with Gasteiger partial charge in [-0.1, -0.05) is 41.4 Å². The number of thiocarbonyl (C=S) groups is 1. The maximum absolute atomic E-state index is 12.1. The molecule has 2 aromatic rings. The van der Waals surface area contributed by atoms with Crippen molar-refractivity contribution in [2.24, 2.45) is 0 Å². The lowest BCUT2D eigenvalue weighted by Crippen LogP contribution is -2.37. The van der Waals surface area contributed by atoms with E-state index in [1.54, 1.807) is 24.3 Å². The van der Waals surface area contributed by atoms with Gasteiger partial charge in [0.15, 0.2) is 11.7 Å². The molecule has 0 saturated carbocycles. The molecule has 0 saturated heterocycles. The molecule has 1 amide bonds. The summed E-state index contributed by atoms with van der Waals surface area (Å²) >= 11 is 14.5. The molecule has 0 fully saturated rings. The molecule has 0 radical (unpaired) electrons. The lowest BCUT2D eigenvalue weighted by Gasteiger charge is -2.16. The van der Waals surface area contributed by atoms with Crippen LogP contribution in [0.4, 0.5) is 5.69 Å². The quantitative estimate of drug-likeness (QED) is 0.591. The summed E-state index contributed by atoms with van der Waals surface area (Å²) in [4.78, 5) is 12.1. The van der Waals surface area contributed by atoms with Gasteiger partial charge in [0.1, 0.15) is 5.75 Å². The smallest absolute Gasteiger partial charge is 0.264 e. The zero-order valence-corrected chi connectivity index (χ0v) is 17.9. The van der Waals surface area contributed by atoms with Crippen LogP contribution in [0, 0.1) is 6.92 Å². The monoisotopic (exact) mass is 454 g/mol. The molecule has 26 heavy (non-hydrogen) atoms. The number of carbonyl (C=O) groups excluding carboxylic acids is 1. The van der Waals surface area contributed by atoms with E-state index in [1.165, 1.54) is 0 Å². The average Bonchev–Trinajstić information content (AvgIpc) is 2.57. The van der Waals surface area contributed by atoms with E-state index < -0.39 is 0 Å². The van der Waals surface area contributed by atoms with E-state index in [1.807, 2.05) is 19.1 Å². The largest absolute Gasteiger partial charge is 0.483 e. The second-order valence-corrected chi connectivity index (χ2v) is 7.79. The fraction of sp³-hybridized carbons (Fsp3) is 0.263. The van der Waals surface area contributed by atoms with Crippen molar-refractivity contribution in [2.45, 2.75) is 26.7 Å². The number of carbonyl (C=O) groups is 1. The van der Waals surface area contributed by atoms with Gasteiger partial charge in [0.25, 0.3) is 5.91 Å². The first-order valence-corrected chi connectivity index (χ1v) is 9.63. The Morgan fingerprint density at radius 2 is 1.92 bits per heavy atom. The summed E-state index contributed by atoms with van der Waals surface area (Å²) in [5, 5.41) is 6.36. The summed E-state index contributed by atoms with van der Waals surface area (Å²) in [7, 11) is 0. The Hall–Kier alpha value is -1.63. The van der Waals surface area contributed by atoms with E-state index in [0.717, 1.165) is 21.3 Å². The van der Waals surface area contributed by atoms with Crippen LogP contribution >= 0.6 is 39.7 Å². The topological polar surface area (TPSA) is 50.4 Å². The summed E-state index contributed by atoms with van der Waals surface area (Å²) in [6, 6.07) is 11.0. The Balaban J connectivity index is 1.93. The predicted molar refractivity (Wildman–Crippen MR) is 114 cm³/mol. The Labute approximate surface area is 172 Å². The Kier molecular flexibility index (Phi) is 7.43. The minimum Gasteiger partial charge on any atom is -0.483 e. The summed E-state index contributed by atoms with van der Waals surface area (Å²) in [5.41, 5.74) is 2.83. The fourth-order valence-corrected chi connectivity index (χ4v) is 2.97. The van der Waals surface area contributed by atoms with E-state index in [-0.39, 0.29) is 23.5 Å². The normalized spacial score (nSPS) is 10.5. The third kappa shape index (κ3) is 5.97. The van der Waals surface area contributed by atoms with Crippen molar-refractivity contribution in [1.82, 2.24) is 5.32 Å². The molecule has 0 unspecified atom stereocenters. The molecular weight excluding hydrogens is 436 g/mol. The van der Waals surface area contributed by atoms with E-state index in [0.29, 0.717) is 10.8 Å². The van der Waals surface area contributed by atoms with Crippen molar-refractivity contribution < 1.29 is 9.53 Å². The summed E-state index contributed by atoms with van der Waals surface area (Å²) < 4.78 is 6.74. The van der Waals surface area contributed by atoms with Crippen molar-refractivity contribution in [3.8, 4) is 5.75 Å². The standard InChI is InChI=1S/C19H20BrClN2O2S/c1-11(2)15-9-16(20)12(3)8-17(15)25-10-18(24)23-19(26)22-14-6-4-13(21)5-7-14/h4-9,11H,10H2,1-3H3,(H2,22,23,24,26). The number of ether oxygens (including phenoxy) is 1. The van der Waals surface area contributed by atoms with Gasteiger partial charge in [-0.2, -0.15) is 0 Å². The molecule has 2 N–H and O–H groups in total. The van der Waals surface area contributed by atoms with Gasteiger partial charge in [0.05, 0.1) is 0 Å². The number of hydrogen-bond acceptors (Lipinski definition) is 3. The van der Waals surface area contributed by atoms with Gasteiger partial charge in [-0.3, -0.25) is 10.1 Å². The van der Waals surface area contributed by atoms with E-state index in [2.05, 4.69) is 40.4 Å². The third-order valence-corrected chi connectivity index (χ3v) is 4.94. The second-order valence-electron chi connectivity index (χ2n) is 6.09. The van der Waals surface area contributed by atoms with Crippen LogP contribution in [0.3, 0.4) is 0 Å². The fourth-order valence-electron chi connectivity index (χ4n) is 2.25. The molecule has 0 heterocycles. The van der Waals surface area contributed by atoms with Crippen molar-refractivity contribution in [1.29, 1.82) is 0 Å². The maximum atomic E-state index is 12.1. The van der Waals surface area contributed by atoms with Gasteiger partial charge < -0.3 is 10.1 Å². The third-order valence-electron chi connectivity index (χ3n) is 3.63. The van der Waals surface area contributed by atoms with Crippen molar-refractivity contribution >= 4 is 56.5 Å². The molecule has 7 heteroatoms. The van der Waals surface area contributed by atoms with Crippen LogP contribution in [-0.4, -0.2) is 17.6 Å². The summed E-state index contributed by atoms with van der Waals surface area (Å²) in [5.74, 6) is 0.650. The minimum absolute atomic E-state index is 0.122. The minimum atomic E-state index is -0.327. The number of nitrogens with one attached hydrogen (secondary N) is 2. The van der Waals surface area contributed by atoms with Crippen LogP contribution < -0.4 is 15.4 Å². The first-order valence-electron chi connectivity index (χ1n) is 8.05. The van der Waals surface area contributed by atoms with Crippen molar-refractivity contribution in [2.75, 3.05) is 11.9 Å². The SMILES string of the molecule is Cc1cc(OCC(=O)NC(=S)Nc2ccc(Cl)cc2)c(C(C)C)cc1Br. The number of benzene rings is 2. The van der Waals surface area contributed by atoms with E-state index in [9.17, 15) is 4.79 Å². The number of anilines is 1. The first-order chi connectivity index (χ1) is 12.3. The van der Waals surface area contributed by atoms with Crippen molar-refractivity contribution in [3.05, 3.63) is 57.0 Å². The van der Waals surface area contributed by atoms with Crippen LogP contribution in [0.5, 0.6) is 5.75 Å². The molecule has 0 bridgehead atoms. The van der Waals surface area contributed by atoms with Gasteiger partial charge in [-0.05, 0) is 72.6 Å². The van der Waals surface area contributed by atoms with Gasteiger partial charge >= 0.3 is 0 Å². The van der Waals surface area contributed by atoms with E-state index >= 15 is 0 Å². The Morgan fingerprint density at radius 1 is 1.27 bits per heavy atom. The highest BCUT2D eigenvalue weighted by atomic mass is 79.9. The van der Waals surface area contributed by atoms with E-state index in [4.69, 9.17) is 28.6 Å². The summed E-state index contributed by atoms with van der Waals surface area (Å²) in [6.45, 7) is 6.01. The number of amides is 1. The van der Waals surface area contributed by atoms with Gasteiger partial charge in [0.2, 0.25) is 0 Å². The first kappa shape index (κ1) is 20.7. The van der Waals surface area contributed by atoms with Gasteiger partial charge in [0, 0.05) is 15.2 Å². The maximum Gasteiger partial charge on any atom is 0.264 e. The molecule has 0 aliphatic carbocycles. The van der Waals surface area contributed by atoms with Crippen LogP contribution in [-0.2, 0) is 4.79 Å². The molecular formula is C19H20BrClN2O2S. The molecule has 0 aromatic heterocycles. The van der Waals surface area contributed by atoms with Crippen molar-refractivity contribution in [3.63, 3.8) is 0 Å². The predicted octanol–water partition coefficient (Wildman–Crippen LogP) is 5.43. The Bertz CT molecular complexity index is 810. The molecule has 4 nitrogen and oxygen atoms in total. The lowest BCUT2D eigenvalue weighted by molar-refractivity contribution is -0.121. The van der Waals surface area contributed by atoms with Gasteiger partial charge in [-0.25, -0.2) is 0 Å². The molecule has 0 aliphatic rings. The number of hydrogen-bond donors (Lipinski definition) is 2. The molecule has 2 aromatic carbocycles. The zero-order valence-electron chi connectivity index (χ0n) is 14.7. The van der Waals surface area contributed by atoms with Gasteiger partial charge in [-0.15, -0.1) is 0 Å². The second kappa shape index (κ2) is 9.35. The molecule has 0 spiro atoms. The number of aryl methyl sites for hydroxylation is 1. The Morgan fingerprint density at radius 3 is 2.54 bits per heavy atom. The van der Waals surface area contributed by atoms with Crippen LogP contribution in [0.15, 0.2) is 40.9 Å². The number of rotatable bonds is 5. The highest BCUT2D eigenvalue weighted by Crippen LogP contribution is 2.32. The molecule has 2 rings (SSSR count). The molecule has 138 valence electrons. The summed E-state index contributed by atoms with van der Waals surface area (Å²) in [6.07, 6.45) is 0. The lowest BCUT2D eigenvalue weighted by atomic mass is 10.0. The van der Waals surface area contributed by atoms with Crippen LogP contribution in [0.2, 0.25) is 5.02 Å². The zero-order chi connectivity index (χ0) is 19.3. The number of halogens is 2. The highest BCUT2D eigenvalue weighted by Gasteiger charge is 2.13.